The van der Waals surface area contributed by atoms with Crippen molar-refractivity contribution in [1.82, 2.24) is 9.88 Å². The summed E-state index contributed by atoms with van der Waals surface area (Å²) in [6.07, 6.45) is 0. The average Bonchev–Trinajstić information content (AvgIpc) is 3.04. The highest BCUT2D eigenvalue weighted by molar-refractivity contribution is 7.22. The number of carbonyl (C=O) groups is 1. The van der Waals surface area contributed by atoms with Gasteiger partial charge in [-0.15, -0.1) is 0 Å². The number of nitrogens with one attached hydrogen (secondary N) is 1. The van der Waals surface area contributed by atoms with Crippen LogP contribution in [-0.4, -0.2) is 33.8 Å². The number of nitro benzene ring substituents is 1. The molecule has 0 saturated heterocycles. The summed E-state index contributed by atoms with van der Waals surface area (Å²) in [5, 5.41) is 14.7. The van der Waals surface area contributed by atoms with Crippen LogP contribution in [0.4, 0.5) is 16.5 Å². The van der Waals surface area contributed by atoms with Crippen molar-refractivity contribution in [3.63, 3.8) is 0 Å². The fourth-order valence-corrected chi connectivity index (χ4v) is 3.51. The highest BCUT2D eigenvalue weighted by Crippen LogP contribution is 2.31. The highest BCUT2D eigenvalue weighted by Gasteiger charge is 2.13. The fraction of sp³-hybridized carbons (Fsp3) is 0.222. The van der Waals surface area contributed by atoms with E-state index in [1.165, 1.54) is 23.5 Å². The number of amides is 1. The molecule has 0 atom stereocenters. The zero-order valence-corrected chi connectivity index (χ0v) is 15.2. The van der Waals surface area contributed by atoms with Gasteiger partial charge in [0.2, 0.25) is 0 Å². The molecule has 3 aromatic rings. The molecule has 1 amide bonds. The summed E-state index contributed by atoms with van der Waals surface area (Å²) in [5.74, 6) is 0.00819. The molecule has 0 fully saturated rings. The van der Waals surface area contributed by atoms with E-state index in [-0.39, 0.29) is 11.6 Å². The first-order valence-electron chi connectivity index (χ1n) is 8.23. The van der Waals surface area contributed by atoms with Crippen LogP contribution in [0.15, 0.2) is 42.5 Å². The van der Waals surface area contributed by atoms with Crippen molar-refractivity contribution in [2.45, 2.75) is 13.8 Å². The van der Waals surface area contributed by atoms with Crippen LogP contribution in [0.5, 0.6) is 0 Å². The van der Waals surface area contributed by atoms with Crippen LogP contribution in [-0.2, 0) is 0 Å². The molecule has 0 spiro atoms. The molecule has 0 bridgehead atoms. The molecule has 8 heteroatoms. The Labute approximate surface area is 154 Å². The van der Waals surface area contributed by atoms with Crippen molar-refractivity contribution < 1.29 is 9.72 Å². The van der Waals surface area contributed by atoms with Gasteiger partial charge < -0.3 is 10.2 Å². The van der Waals surface area contributed by atoms with E-state index in [9.17, 15) is 14.9 Å². The summed E-state index contributed by atoms with van der Waals surface area (Å²) in [6.45, 7) is 5.25. The Bertz CT molecular complexity index is 949. The van der Waals surface area contributed by atoms with Gasteiger partial charge in [0, 0.05) is 36.5 Å². The van der Waals surface area contributed by atoms with E-state index in [0.717, 1.165) is 10.4 Å². The number of hydrogen-bond donors (Lipinski definition) is 1. The SMILES string of the molecule is CCN(CC)C(=O)c1ccc(Nc2nc3ccc([N+](=O)[O-])cc3s2)cc1. The Morgan fingerprint density at radius 3 is 2.50 bits per heavy atom. The number of nitrogens with zero attached hydrogens (tertiary/aromatic N) is 3. The number of aromatic nitrogens is 1. The largest absolute Gasteiger partial charge is 0.339 e. The van der Waals surface area contributed by atoms with Crippen LogP contribution in [0, 0.1) is 10.1 Å². The number of thiazole rings is 1. The molecule has 0 aliphatic heterocycles. The number of benzene rings is 2. The minimum Gasteiger partial charge on any atom is -0.339 e. The third kappa shape index (κ3) is 3.65. The first-order valence-corrected chi connectivity index (χ1v) is 9.04. The molecule has 0 unspecified atom stereocenters. The zero-order chi connectivity index (χ0) is 18.7. The van der Waals surface area contributed by atoms with Crippen molar-refractivity contribution in [1.29, 1.82) is 0 Å². The summed E-state index contributed by atoms with van der Waals surface area (Å²) < 4.78 is 0.745. The van der Waals surface area contributed by atoms with Crippen LogP contribution in [0.25, 0.3) is 10.2 Å². The summed E-state index contributed by atoms with van der Waals surface area (Å²) >= 11 is 1.34. The summed E-state index contributed by atoms with van der Waals surface area (Å²) in [5.41, 5.74) is 2.19. The zero-order valence-electron chi connectivity index (χ0n) is 14.4. The third-order valence-corrected chi connectivity index (χ3v) is 4.95. The van der Waals surface area contributed by atoms with Gasteiger partial charge in [0.25, 0.3) is 11.6 Å². The van der Waals surface area contributed by atoms with Gasteiger partial charge in [0.1, 0.15) is 0 Å². The van der Waals surface area contributed by atoms with E-state index in [4.69, 9.17) is 0 Å². The summed E-state index contributed by atoms with van der Waals surface area (Å²) in [6, 6.07) is 11.8. The van der Waals surface area contributed by atoms with Gasteiger partial charge in [0.05, 0.1) is 15.1 Å². The van der Waals surface area contributed by atoms with E-state index in [2.05, 4.69) is 10.3 Å². The molecular formula is C18H18N4O3S. The van der Waals surface area contributed by atoms with Crippen molar-refractivity contribution >= 4 is 44.0 Å². The summed E-state index contributed by atoms with van der Waals surface area (Å²) in [4.78, 5) is 29.0. The van der Waals surface area contributed by atoms with Crippen LogP contribution in [0.2, 0.25) is 0 Å². The molecule has 0 radical (unpaired) electrons. The Balaban J connectivity index is 1.77. The second kappa shape index (κ2) is 7.49. The standard InChI is InChI=1S/C18H18N4O3S/c1-3-21(4-2)17(23)12-5-7-13(8-6-12)19-18-20-15-10-9-14(22(24)25)11-16(15)26-18/h5-11H,3-4H2,1-2H3,(H,19,20). The quantitative estimate of drug-likeness (QED) is 0.512. The lowest BCUT2D eigenvalue weighted by atomic mass is 10.2. The van der Waals surface area contributed by atoms with Crippen LogP contribution >= 0.6 is 11.3 Å². The molecule has 7 nitrogen and oxygen atoms in total. The Kier molecular flexibility index (Phi) is 5.13. The number of fused-ring (bicyclic) bond motifs is 1. The Hall–Kier alpha value is -3.00. The number of carbonyl (C=O) groups excluding carboxylic acids is 1. The van der Waals surface area contributed by atoms with Gasteiger partial charge in [-0.05, 0) is 44.2 Å². The third-order valence-electron chi connectivity index (χ3n) is 4.02. The molecule has 1 aromatic heterocycles. The molecule has 2 aromatic carbocycles. The maximum absolute atomic E-state index is 12.3. The Morgan fingerprint density at radius 1 is 1.19 bits per heavy atom. The summed E-state index contributed by atoms with van der Waals surface area (Å²) in [7, 11) is 0. The van der Waals surface area contributed by atoms with Gasteiger partial charge in [-0.2, -0.15) is 0 Å². The van der Waals surface area contributed by atoms with E-state index in [0.29, 0.717) is 29.3 Å². The number of nitro groups is 1. The van der Waals surface area contributed by atoms with Gasteiger partial charge in [-0.25, -0.2) is 4.98 Å². The first kappa shape index (κ1) is 17.8. The maximum atomic E-state index is 12.3. The van der Waals surface area contributed by atoms with Crippen molar-refractivity contribution in [2.75, 3.05) is 18.4 Å². The van der Waals surface area contributed by atoms with E-state index >= 15 is 0 Å². The van der Waals surface area contributed by atoms with Crippen molar-refractivity contribution in [2.24, 2.45) is 0 Å². The number of rotatable bonds is 6. The molecule has 0 saturated carbocycles. The molecular weight excluding hydrogens is 352 g/mol. The molecule has 26 heavy (non-hydrogen) atoms. The normalized spacial score (nSPS) is 10.7. The van der Waals surface area contributed by atoms with Crippen molar-refractivity contribution in [3.05, 3.63) is 58.1 Å². The lowest BCUT2D eigenvalue weighted by molar-refractivity contribution is -0.384. The monoisotopic (exact) mass is 370 g/mol. The second-order valence-electron chi connectivity index (χ2n) is 5.61. The maximum Gasteiger partial charge on any atom is 0.270 e. The van der Waals surface area contributed by atoms with E-state index in [1.54, 1.807) is 23.1 Å². The molecule has 1 heterocycles. The minimum atomic E-state index is -0.419. The van der Waals surface area contributed by atoms with Crippen LogP contribution in [0.1, 0.15) is 24.2 Å². The minimum absolute atomic E-state index is 0.00819. The average molecular weight is 370 g/mol. The molecule has 0 aliphatic carbocycles. The smallest absolute Gasteiger partial charge is 0.270 e. The van der Waals surface area contributed by atoms with E-state index in [1.807, 2.05) is 26.0 Å². The molecule has 3 rings (SSSR count). The van der Waals surface area contributed by atoms with Crippen molar-refractivity contribution in [3.8, 4) is 0 Å². The number of non-ortho nitro benzene ring substituents is 1. The van der Waals surface area contributed by atoms with Gasteiger partial charge in [-0.3, -0.25) is 14.9 Å². The predicted octanol–water partition coefficient (Wildman–Crippen LogP) is 4.43. The first-order chi connectivity index (χ1) is 12.5. The fourth-order valence-electron chi connectivity index (χ4n) is 2.59. The molecule has 0 aliphatic rings. The predicted molar refractivity (Wildman–Crippen MR) is 103 cm³/mol. The topological polar surface area (TPSA) is 88.4 Å². The van der Waals surface area contributed by atoms with Crippen LogP contribution < -0.4 is 5.32 Å². The number of hydrogen-bond acceptors (Lipinski definition) is 6. The van der Waals surface area contributed by atoms with Gasteiger partial charge in [0.15, 0.2) is 5.13 Å². The van der Waals surface area contributed by atoms with E-state index < -0.39 is 4.92 Å². The van der Waals surface area contributed by atoms with Crippen LogP contribution in [0.3, 0.4) is 0 Å². The Morgan fingerprint density at radius 2 is 1.88 bits per heavy atom. The van der Waals surface area contributed by atoms with Gasteiger partial charge in [-0.1, -0.05) is 11.3 Å². The highest BCUT2D eigenvalue weighted by atomic mass is 32.1. The molecule has 134 valence electrons. The lowest BCUT2D eigenvalue weighted by Gasteiger charge is -2.18. The molecule has 1 N–H and O–H groups in total. The van der Waals surface area contributed by atoms with Gasteiger partial charge >= 0.3 is 0 Å². The lowest BCUT2D eigenvalue weighted by Crippen LogP contribution is -2.30. The second-order valence-corrected chi connectivity index (χ2v) is 6.64. The number of anilines is 2.